The Bertz CT molecular complexity index is 3210. The molecule has 17 heteroatoms. The van der Waals surface area contributed by atoms with Gasteiger partial charge in [-0.3, -0.25) is 19.2 Å². The van der Waals surface area contributed by atoms with Gasteiger partial charge in [0.05, 0.1) is 24.2 Å². The first-order valence-electron chi connectivity index (χ1n) is 34.8. The molecule has 1 saturated heterocycles. The second-order valence-corrected chi connectivity index (χ2v) is 32.0. The average molecular weight is 1290 g/mol. The minimum atomic E-state index is -2.20. The van der Waals surface area contributed by atoms with Crippen LogP contribution in [-0.4, -0.2) is 114 Å². The van der Waals surface area contributed by atoms with E-state index in [1.165, 1.54) is 57.4 Å². The molecule has 93 heavy (non-hydrogen) atoms. The number of amides is 2. The highest BCUT2D eigenvalue weighted by Crippen LogP contribution is 2.69. The summed E-state index contributed by atoms with van der Waals surface area (Å²) in [6.45, 7) is 28.1. The van der Waals surface area contributed by atoms with Crippen LogP contribution in [0.1, 0.15) is 209 Å². The van der Waals surface area contributed by atoms with Gasteiger partial charge in [0.1, 0.15) is 54.5 Å². The molecule has 0 radical (unpaired) electrons. The number of benzene rings is 2. The number of hydrogen-bond donors (Lipinski definition) is 3. The first-order chi connectivity index (χ1) is 43.7. The van der Waals surface area contributed by atoms with Gasteiger partial charge in [0, 0.05) is 30.1 Å². The van der Waals surface area contributed by atoms with Gasteiger partial charge in [-0.1, -0.05) is 149 Å². The van der Waals surface area contributed by atoms with Crippen molar-refractivity contribution in [2.45, 2.75) is 241 Å². The molecular weight excluding hydrogens is 1180 g/mol. The number of fused-ring (bicyclic) bond motifs is 10. The molecule has 510 valence electrons. The molecular formula is C76H106N2O15. The summed E-state index contributed by atoms with van der Waals surface area (Å²) in [5, 5.41) is 19.5. The van der Waals surface area contributed by atoms with Crippen molar-refractivity contribution < 1.29 is 71.8 Å². The van der Waals surface area contributed by atoms with Crippen LogP contribution in [0.4, 0.5) is 4.79 Å². The van der Waals surface area contributed by atoms with Gasteiger partial charge >= 0.3 is 30.0 Å². The number of esters is 4. The molecule has 4 unspecified atom stereocenters. The van der Waals surface area contributed by atoms with Crippen LogP contribution in [0, 0.1) is 74.9 Å². The van der Waals surface area contributed by atoms with Gasteiger partial charge in [0.15, 0.2) is 5.60 Å². The van der Waals surface area contributed by atoms with Crippen molar-refractivity contribution >= 4 is 41.7 Å². The molecule has 2 amide bonds. The molecule has 1 heterocycles. The Labute approximate surface area is 551 Å². The molecule has 2 bridgehead atoms. The van der Waals surface area contributed by atoms with E-state index < -0.39 is 125 Å². The van der Waals surface area contributed by atoms with Crippen molar-refractivity contribution in [1.29, 1.82) is 0 Å². The number of hydrogen-bond acceptors (Lipinski definition) is 15. The third-order valence-electron chi connectivity index (χ3n) is 24.7. The quantitative estimate of drug-likeness (QED) is 0.0675. The normalized spacial score (nSPS) is 35.9. The van der Waals surface area contributed by atoms with E-state index in [1.807, 2.05) is 6.92 Å². The van der Waals surface area contributed by atoms with Gasteiger partial charge in [-0.05, 0) is 167 Å². The number of carbonyl (C=O) groups is 7. The maximum Gasteiger partial charge on any atom is 0.408 e. The third kappa shape index (κ3) is 13.0. The smallest absolute Gasteiger partial charge is 0.408 e. The highest BCUT2D eigenvalue weighted by Gasteiger charge is 2.77. The zero-order valence-corrected chi connectivity index (χ0v) is 58.0. The lowest BCUT2D eigenvalue weighted by Crippen LogP contribution is -2.80. The summed E-state index contributed by atoms with van der Waals surface area (Å²) in [7, 11) is 0. The number of allylic oxidation sites excluding steroid dienone is 1. The topological polar surface area (TPSA) is 228 Å². The van der Waals surface area contributed by atoms with E-state index >= 15 is 9.59 Å². The minimum Gasteiger partial charge on any atom is -0.455 e. The predicted molar refractivity (Wildman–Crippen MR) is 350 cm³/mol. The number of Topliss-reactive ketones (excluding diaryl/α,β-unsaturated/α-hetero) is 1. The highest BCUT2D eigenvalue weighted by molar-refractivity contribution is 5.92. The first-order valence-corrected chi connectivity index (χ1v) is 34.8. The molecule has 2 aromatic carbocycles. The highest BCUT2D eigenvalue weighted by atomic mass is 16.6. The molecule has 3 N–H and O–H groups in total. The lowest BCUT2D eigenvalue weighted by molar-refractivity contribution is -0.339. The molecule has 1 aliphatic heterocycles. The fraction of sp³-hybridized carbons (Fsp3) is 0.697. The first kappa shape index (κ1) is 69.9. The maximum absolute atomic E-state index is 15.8. The molecule has 7 aliphatic carbocycles. The lowest BCUT2D eigenvalue weighted by atomic mass is 9.42. The second kappa shape index (κ2) is 26.6. The van der Waals surface area contributed by atoms with Crippen LogP contribution in [0.15, 0.2) is 83.5 Å². The lowest BCUT2D eigenvalue weighted by Gasteiger charge is -2.68. The SMILES string of the molecule is CC(=O)O[C@@]12CO[C@@H]1C[C@H](C)[C@@]1(C)C(=O)[C@H](C)C3=C(C)[C@@H](OC(=O)C(OC(=O)CNC(=O)CO[C@H]4CC[C@@]5(C)C(=CCC6C5CC[C@@]5(C)C6CC[C@@H]5[C@H](C)CCCC(C)C)C4)[C@@H](NC(=O)OC(C)(C)C)c4ccccc4)C[C@@](O)([C@@H](OC(=O)c4ccccc4)[C@H]21)C3(C)C. The van der Waals surface area contributed by atoms with Gasteiger partial charge in [-0.2, -0.15) is 0 Å². The van der Waals surface area contributed by atoms with Gasteiger partial charge in [-0.15, -0.1) is 0 Å². The molecule has 6 fully saturated rings. The van der Waals surface area contributed by atoms with Crippen LogP contribution in [0.5, 0.6) is 0 Å². The molecule has 0 aromatic heterocycles. The van der Waals surface area contributed by atoms with Gasteiger partial charge in [0.25, 0.3) is 0 Å². The Hall–Kier alpha value is -5.91. The van der Waals surface area contributed by atoms with Crippen LogP contribution in [0.3, 0.4) is 0 Å². The van der Waals surface area contributed by atoms with E-state index in [9.17, 15) is 29.1 Å². The van der Waals surface area contributed by atoms with Crippen LogP contribution >= 0.6 is 0 Å². The number of carbonyl (C=O) groups excluding carboxylic acids is 7. The van der Waals surface area contributed by atoms with Crippen LogP contribution in [0.2, 0.25) is 0 Å². The summed E-state index contributed by atoms with van der Waals surface area (Å²) in [5.41, 5.74) is -4.29. The maximum atomic E-state index is 15.8. The predicted octanol–water partition coefficient (Wildman–Crippen LogP) is 12.9. The largest absolute Gasteiger partial charge is 0.455 e. The number of ketones is 1. The fourth-order valence-corrected chi connectivity index (χ4v) is 19.8. The molecule has 0 spiro atoms. The minimum absolute atomic E-state index is 0.0868. The number of aliphatic hydroxyl groups is 1. The average Bonchev–Trinajstić information content (AvgIpc) is 1.06. The summed E-state index contributed by atoms with van der Waals surface area (Å²) in [5.74, 6) is -2.74. The van der Waals surface area contributed by atoms with E-state index in [4.69, 9.17) is 33.2 Å². The summed E-state index contributed by atoms with van der Waals surface area (Å²) >= 11 is 0. The molecule has 8 aliphatic rings. The number of nitrogens with one attached hydrogen (secondary N) is 2. The van der Waals surface area contributed by atoms with Crippen molar-refractivity contribution in [2.75, 3.05) is 19.8 Å². The Morgan fingerprint density at radius 1 is 0.849 bits per heavy atom. The zero-order chi connectivity index (χ0) is 67.5. The standard InChI is InChI=1S/C76H106N2O15/c1-43(2)23-22-24-44(3)54-31-32-55-53-30-29-51-38-52(33-35-72(51,13)56(53)34-36-73(54,55)14)87-41-59(80)77-40-60(81)90-63(62(49-25-18-16-19-26-49)78-69(85)93-70(8,9)10)68(84)89-57-39-76(86)66(91-67(83)50-27-20-17-21-28-50)64-74(15,65(82)47(6)61(46(57)5)71(76,11)12)45(4)37-58-75(64,42-88-58)92-48(7)79/h16-21,25-29,43-45,47,52-58,62-64,66,86H,22-24,30-42H2,1-15H3,(H,77,80)(H,78,85)/t44-,45+,47-,52+,53?,54-,55?,56?,57+,58-,62+,63?,64+,66+,72+,73-,74-,75+,76-/m1/s1. The van der Waals surface area contributed by atoms with Crippen molar-refractivity contribution in [2.24, 2.45) is 74.9 Å². The Balaban J connectivity index is 0.888. The van der Waals surface area contributed by atoms with Crippen LogP contribution in [0.25, 0.3) is 0 Å². The molecule has 2 aromatic rings. The van der Waals surface area contributed by atoms with E-state index in [0.29, 0.717) is 40.4 Å². The van der Waals surface area contributed by atoms with Crippen molar-refractivity contribution in [3.63, 3.8) is 0 Å². The van der Waals surface area contributed by atoms with E-state index in [0.717, 1.165) is 49.4 Å². The summed E-state index contributed by atoms with van der Waals surface area (Å²) in [6.07, 6.45) is 8.36. The van der Waals surface area contributed by atoms with Gasteiger partial charge in [-0.25, -0.2) is 14.4 Å². The molecule has 17 nitrogen and oxygen atoms in total. The zero-order valence-electron chi connectivity index (χ0n) is 58.0. The van der Waals surface area contributed by atoms with Gasteiger partial charge < -0.3 is 48.9 Å². The second-order valence-electron chi connectivity index (χ2n) is 32.0. The fourth-order valence-electron chi connectivity index (χ4n) is 19.8. The number of alkyl carbamates (subject to hydrolysis) is 1. The van der Waals surface area contributed by atoms with Gasteiger partial charge in [0.2, 0.25) is 12.0 Å². The number of rotatable bonds is 19. The summed E-state index contributed by atoms with van der Waals surface area (Å²) < 4.78 is 43.9. The number of ether oxygens (including phenoxy) is 7. The van der Waals surface area contributed by atoms with E-state index in [1.54, 1.807) is 116 Å². The van der Waals surface area contributed by atoms with Crippen molar-refractivity contribution in [3.05, 3.63) is 94.6 Å². The summed E-state index contributed by atoms with van der Waals surface area (Å²) in [4.78, 5) is 101. The summed E-state index contributed by atoms with van der Waals surface area (Å²) in [6, 6.07) is 15.1. The third-order valence-corrected chi connectivity index (χ3v) is 24.7. The molecule has 5 saturated carbocycles. The van der Waals surface area contributed by atoms with E-state index in [-0.39, 0.29) is 36.1 Å². The Kier molecular flexibility index (Phi) is 20.0. The van der Waals surface area contributed by atoms with Crippen LogP contribution in [-0.2, 0) is 57.1 Å². The molecule has 19 atom stereocenters. The Morgan fingerprint density at radius 3 is 2.18 bits per heavy atom. The van der Waals surface area contributed by atoms with Crippen LogP contribution < -0.4 is 10.6 Å². The van der Waals surface area contributed by atoms with E-state index in [2.05, 4.69) is 51.3 Å². The van der Waals surface area contributed by atoms with Crippen molar-refractivity contribution in [3.8, 4) is 0 Å². The molecule has 10 rings (SSSR count). The monoisotopic (exact) mass is 1290 g/mol. The Morgan fingerprint density at radius 2 is 1.54 bits per heavy atom. The van der Waals surface area contributed by atoms with Crippen molar-refractivity contribution in [1.82, 2.24) is 10.6 Å².